The largest absolute Gasteiger partial charge is 0.271 e. The average molecular weight is 266 g/mol. The lowest BCUT2D eigenvalue weighted by Gasteiger charge is -2.04. The molecule has 0 radical (unpaired) electrons. The predicted molar refractivity (Wildman–Crippen MR) is 82.1 cm³/mol. The van der Waals surface area contributed by atoms with E-state index in [-0.39, 0.29) is 5.91 Å². The lowest BCUT2D eigenvalue weighted by Crippen LogP contribution is -2.17. The molecule has 0 spiro atoms. The summed E-state index contributed by atoms with van der Waals surface area (Å²) in [5.74, 6) is -0.190. The summed E-state index contributed by atoms with van der Waals surface area (Å²) in [5.41, 5.74) is 6.78. The Morgan fingerprint density at radius 3 is 2.15 bits per heavy atom. The first kappa shape index (κ1) is 14.0. The first-order chi connectivity index (χ1) is 9.69. The number of carbonyl (C=O) groups excluding carboxylic acids is 1. The summed E-state index contributed by atoms with van der Waals surface area (Å²) >= 11 is 0. The molecule has 3 heteroatoms. The second kappa shape index (κ2) is 6.66. The van der Waals surface area contributed by atoms with E-state index < -0.39 is 0 Å². The molecule has 2 aromatic rings. The third-order valence-corrected chi connectivity index (χ3v) is 3.04. The van der Waals surface area contributed by atoms with Crippen LogP contribution < -0.4 is 5.43 Å². The van der Waals surface area contributed by atoms with Gasteiger partial charge in [0.05, 0.1) is 0 Å². The van der Waals surface area contributed by atoms with Crippen molar-refractivity contribution in [2.24, 2.45) is 5.10 Å². The van der Waals surface area contributed by atoms with Crippen LogP contribution >= 0.6 is 0 Å². The number of nitrogens with zero attached hydrogens (tertiary/aromatic N) is 1. The fourth-order valence-corrected chi connectivity index (χ4v) is 1.90. The van der Waals surface area contributed by atoms with Crippen LogP contribution in [0.25, 0.3) is 0 Å². The van der Waals surface area contributed by atoms with Crippen LogP contribution in [0.2, 0.25) is 0 Å². The van der Waals surface area contributed by atoms with Crippen molar-refractivity contribution in [3.8, 4) is 0 Å². The van der Waals surface area contributed by atoms with Crippen LogP contribution in [0.4, 0.5) is 0 Å². The van der Waals surface area contributed by atoms with E-state index in [1.807, 2.05) is 24.3 Å². The van der Waals surface area contributed by atoms with Crippen LogP contribution in [0.15, 0.2) is 53.6 Å². The number of carbonyl (C=O) groups is 1. The SMILES string of the molecule is C/C=N\NC(=O)c1ccc(Cc2ccc(C)cc2)cc1. The fraction of sp³-hybridized carbons (Fsp3) is 0.176. The molecule has 0 heterocycles. The van der Waals surface area contributed by atoms with Crippen molar-refractivity contribution in [3.05, 3.63) is 70.8 Å². The summed E-state index contributed by atoms with van der Waals surface area (Å²) in [6.45, 7) is 3.83. The van der Waals surface area contributed by atoms with E-state index in [4.69, 9.17) is 0 Å². The van der Waals surface area contributed by atoms with Gasteiger partial charge in [-0.15, -0.1) is 0 Å². The van der Waals surface area contributed by atoms with Crippen molar-refractivity contribution in [2.45, 2.75) is 20.3 Å². The van der Waals surface area contributed by atoms with Crippen LogP contribution in [-0.4, -0.2) is 12.1 Å². The van der Waals surface area contributed by atoms with Gasteiger partial charge >= 0.3 is 0 Å². The van der Waals surface area contributed by atoms with Crippen molar-refractivity contribution in [1.29, 1.82) is 0 Å². The molecule has 0 fully saturated rings. The van der Waals surface area contributed by atoms with E-state index in [1.54, 1.807) is 13.1 Å². The lowest BCUT2D eigenvalue weighted by atomic mass is 10.0. The van der Waals surface area contributed by atoms with E-state index in [0.29, 0.717) is 5.56 Å². The number of hydrazone groups is 1. The first-order valence-electron chi connectivity index (χ1n) is 6.61. The molecular formula is C17H18N2O. The molecular weight excluding hydrogens is 248 g/mol. The maximum absolute atomic E-state index is 11.7. The highest BCUT2D eigenvalue weighted by atomic mass is 16.2. The maximum atomic E-state index is 11.7. The highest BCUT2D eigenvalue weighted by Gasteiger charge is 2.04. The van der Waals surface area contributed by atoms with Crippen molar-refractivity contribution in [2.75, 3.05) is 0 Å². The number of nitrogens with one attached hydrogen (secondary N) is 1. The number of hydrogen-bond donors (Lipinski definition) is 1. The molecule has 0 unspecified atom stereocenters. The molecule has 1 N–H and O–H groups in total. The summed E-state index contributed by atoms with van der Waals surface area (Å²) < 4.78 is 0. The predicted octanol–water partition coefficient (Wildman–Crippen LogP) is 3.32. The van der Waals surface area contributed by atoms with Gasteiger partial charge in [-0.25, -0.2) is 5.43 Å². The number of aryl methyl sites for hydroxylation is 1. The highest BCUT2D eigenvalue weighted by Crippen LogP contribution is 2.12. The summed E-state index contributed by atoms with van der Waals surface area (Å²) in [4.78, 5) is 11.7. The van der Waals surface area contributed by atoms with Gasteiger partial charge in [0.25, 0.3) is 5.91 Å². The molecule has 1 amide bonds. The third-order valence-electron chi connectivity index (χ3n) is 3.04. The zero-order valence-electron chi connectivity index (χ0n) is 11.8. The van der Waals surface area contributed by atoms with Crippen molar-refractivity contribution in [1.82, 2.24) is 5.43 Å². The van der Waals surface area contributed by atoms with Gasteiger partial charge in [-0.2, -0.15) is 5.10 Å². The molecule has 0 aliphatic rings. The summed E-state index contributed by atoms with van der Waals surface area (Å²) in [7, 11) is 0. The molecule has 3 nitrogen and oxygen atoms in total. The lowest BCUT2D eigenvalue weighted by molar-refractivity contribution is 0.0955. The van der Waals surface area contributed by atoms with Gasteiger partial charge in [0, 0.05) is 11.8 Å². The molecule has 0 saturated heterocycles. The third kappa shape index (κ3) is 3.79. The van der Waals surface area contributed by atoms with E-state index in [2.05, 4.69) is 41.7 Å². The van der Waals surface area contributed by atoms with E-state index in [9.17, 15) is 4.79 Å². The molecule has 0 aliphatic carbocycles. The Labute approximate surface area is 119 Å². The Hall–Kier alpha value is -2.42. The molecule has 20 heavy (non-hydrogen) atoms. The summed E-state index contributed by atoms with van der Waals surface area (Å²) in [6.07, 6.45) is 2.42. The summed E-state index contributed by atoms with van der Waals surface area (Å²) in [6, 6.07) is 16.1. The second-order valence-corrected chi connectivity index (χ2v) is 4.69. The van der Waals surface area contributed by atoms with Crippen LogP contribution in [-0.2, 0) is 6.42 Å². The fourth-order valence-electron chi connectivity index (χ4n) is 1.90. The standard InChI is InChI=1S/C17H18N2O/c1-3-18-19-17(20)16-10-8-15(9-11-16)12-14-6-4-13(2)5-7-14/h3-11H,12H2,1-2H3,(H,19,20)/b18-3-. The van der Waals surface area contributed by atoms with Crippen LogP contribution in [0.5, 0.6) is 0 Å². The Balaban J connectivity index is 2.04. The van der Waals surface area contributed by atoms with Gasteiger partial charge in [-0.05, 0) is 43.5 Å². The van der Waals surface area contributed by atoms with Gasteiger partial charge in [0.2, 0.25) is 0 Å². The monoisotopic (exact) mass is 266 g/mol. The molecule has 0 atom stereocenters. The van der Waals surface area contributed by atoms with Gasteiger partial charge in [-0.1, -0.05) is 42.0 Å². The Kier molecular flexibility index (Phi) is 4.66. The van der Waals surface area contributed by atoms with E-state index in [1.165, 1.54) is 16.7 Å². The smallest absolute Gasteiger partial charge is 0.267 e. The van der Waals surface area contributed by atoms with Crippen molar-refractivity contribution in [3.63, 3.8) is 0 Å². The molecule has 0 aliphatic heterocycles. The van der Waals surface area contributed by atoms with E-state index in [0.717, 1.165) is 6.42 Å². The molecule has 102 valence electrons. The minimum atomic E-state index is -0.190. The van der Waals surface area contributed by atoms with E-state index >= 15 is 0 Å². The molecule has 0 bridgehead atoms. The Morgan fingerprint density at radius 2 is 1.60 bits per heavy atom. The number of hydrogen-bond acceptors (Lipinski definition) is 2. The Bertz CT molecular complexity index is 598. The highest BCUT2D eigenvalue weighted by molar-refractivity contribution is 5.94. The quantitative estimate of drug-likeness (QED) is 0.669. The van der Waals surface area contributed by atoms with Gasteiger partial charge in [-0.3, -0.25) is 4.79 Å². The molecule has 2 rings (SSSR count). The number of benzene rings is 2. The zero-order valence-corrected chi connectivity index (χ0v) is 11.8. The van der Waals surface area contributed by atoms with Crippen LogP contribution in [0.3, 0.4) is 0 Å². The normalized spacial score (nSPS) is 10.7. The topological polar surface area (TPSA) is 41.5 Å². The molecule has 0 saturated carbocycles. The molecule has 2 aromatic carbocycles. The maximum Gasteiger partial charge on any atom is 0.271 e. The Morgan fingerprint density at radius 1 is 1.05 bits per heavy atom. The van der Waals surface area contributed by atoms with Crippen LogP contribution in [0.1, 0.15) is 34.0 Å². The van der Waals surface area contributed by atoms with Gasteiger partial charge < -0.3 is 0 Å². The number of amides is 1. The zero-order chi connectivity index (χ0) is 14.4. The van der Waals surface area contributed by atoms with Gasteiger partial charge in [0.1, 0.15) is 0 Å². The van der Waals surface area contributed by atoms with Crippen molar-refractivity contribution < 1.29 is 4.79 Å². The van der Waals surface area contributed by atoms with Crippen LogP contribution in [0, 0.1) is 6.92 Å². The molecule has 0 aromatic heterocycles. The van der Waals surface area contributed by atoms with Crippen molar-refractivity contribution >= 4 is 12.1 Å². The summed E-state index contributed by atoms with van der Waals surface area (Å²) in [5, 5.41) is 3.72. The number of rotatable bonds is 4. The average Bonchev–Trinajstić information content (AvgIpc) is 2.48. The van der Waals surface area contributed by atoms with Gasteiger partial charge in [0.15, 0.2) is 0 Å². The second-order valence-electron chi connectivity index (χ2n) is 4.69. The minimum Gasteiger partial charge on any atom is -0.267 e. The first-order valence-corrected chi connectivity index (χ1v) is 6.61. The minimum absolute atomic E-state index is 0.190.